The molecule has 3 rings (SSSR count). The van der Waals surface area contributed by atoms with Gasteiger partial charge in [-0.05, 0) is 74.2 Å². The minimum Gasteiger partial charge on any atom is -0.481 e. The zero-order valence-electron chi connectivity index (χ0n) is 16.1. The van der Waals surface area contributed by atoms with Crippen LogP contribution >= 0.6 is 0 Å². The first-order valence-electron chi connectivity index (χ1n) is 9.42. The molecule has 0 aromatic heterocycles. The van der Waals surface area contributed by atoms with Crippen LogP contribution in [0.2, 0.25) is 0 Å². The van der Waals surface area contributed by atoms with Crippen LogP contribution in [0.5, 0.6) is 5.75 Å². The lowest BCUT2D eigenvalue weighted by molar-refractivity contribution is -0.122. The molecule has 0 unspecified atom stereocenters. The molecule has 0 bridgehead atoms. The van der Waals surface area contributed by atoms with Gasteiger partial charge in [0.2, 0.25) is 5.91 Å². The quantitative estimate of drug-likeness (QED) is 0.832. The van der Waals surface area contributed by atoms with Crippen molar-refractivity contribution < 1.29 is 14.3 Å². The van der Waals surface area contributed by atoms with Crippen molar-refractivity contribution in [3.05, 3.63) is 53.6 Å². The Morgan fingerprint density at radius 3 is 2.37 bits per heavy atom. The van der Waals surface area contributed by atoms with Crippen LogP contribution in [0, 0.1) is 13.8 Å². The molecule has 1 aliphatic heterocycles. The second-order valence-electron chi connectivity index (χ2n) is 7.02. The first-order chi connectivity index (χ1) is 13.0. The summed E-state index contributed by atoms with van der Waals surface area (Å²) in [7, 11) is 0. The smallest absolute Gasteiger partial charge is 0.265 e. The van der Waals surface area contributed by atoms with E-state index >= 15 is 0 Å². The van der Waals surface area contributed by atoms with Gasteiger partial charge in [-0.3, -0.25) is 9.59 Å². The summed E-state index contributed by atoms with van der Waals surface area (Å²) in [6.45, 7) is 6.70. The van der Waals surface area contributed by atoms with Crippen molar-refractivity contribution >= 4 is 23.2 Å². The van der Waals surface area contributed by atoms with Gasteiger partial charge < -0.3 is 15.0 Å². The number of amides is 2. The van der Waals surface area contributed by atoms with E-state index in [0.29, 0.717) is 24.3 Å². The van der Waals surface area contributed by atoms with Crippen LogP contribution in [0.1, 0.15) is 37.3 Å². The molecule has 5 heteroatoms. The molecule has 5 nitrogen and oxygen atoms in total. The highest BCUT2D eigenvalue weighted by molar-refractivity contribution is 5.97. The molecule has 2 aromatic rings. The zero-order valence-corrected chi connectivity index (χ0v) is 16.1. The Hall–Kier alpha value is -2.82. The van der Waals surface area contributed by atoms with Crippen molar-refractivity contribution in [1.82, 2.24) is 0 Å². The third-order valence-corrected chi connectivity index (χ3v) is 4.66. The summed E-state index contributed by atoms with van der Waals surface area (Å²) in [4.78, 5) is 26.2. The molecule has 0 aliphatic carbocycles. The van der Waals surface area contributed by atoms with E-state index < -0.39 is 6.10 Å². The van der Waals surface area contributed by atoms with Gasteiger partial charge in [-0.25, -0.2) is 0 Å². The fourth-order valence-corrected chi connectivity index (χ4v) is 3.36. The van der Waals surface area contributed by atoms with Gasteiger partial charge in [-0.2, -0.15) is 0 Å². The van der Waals surface area contributed by atoms with Crippen LogP contribution in [0.4, 0.5) is 11.4 Å². The number of hydrogen-bond donors (Lipinski definition) is 1. The monoisotopic (exact) mass is 366 g/mol. The molecule has 1 saturated heterocycles. The number of anilines is 2. The van der Waals surface area contributed by atoms with Crippen LogP contribution < -0.4 is 15.0 Å². The van der Waals surface area contributed by atoms with Crippen LogP contribution in [0.25, 0.3) is 0 Å². The van der Waals surface area contributed by atoms with E-state index in [-0.39, 0.29) is 11.8 Å². The summed E-state index contributed by atoms with van der Waals surface area (Å²) < 4.78 is 5.91. The van der Waals surface area contributed by atoms with E-state index in [1.807, 2.05) is 57.2 Å². The van der Waals surface area contributed by atoms with Crippen molar-refractivity contribution in [1.29, 1.82) is 0 Å². The van der Waals surface area contributed by atoms with E-state index in [4.69, 9.17) is 4.74 Å². The Morgan fingerprint density at radius 2 is 1.81 bits per heavy atom. The lowest BCUT2D eigenvalue weighted by Crippen LogP contribution is -2.32. The number of carbonyl (C=O) groups is 2. The minimum absolute atomic E-state index is 0.152. The second kappa shape index (κ2) is 8.25. The van der Waals surface area contributed by atoms with E-state index in [0.717, 1.165) is 29.8 Å². The summed E-state index contributed by atoms with van der Waals surface area (Å²) in [5.41, 5.74) is 3.77. The Morgan fingerprint density at radius 1 is 1.15 bits per heavy atom. The molecule has 1 N–H and O–H groups in total. The summed E-state index contributed by atoms with van der Waals surface area (Å²) in [6.07, 6.45) is 1.50. The molecule has 27 heavy (non-hydrogen) atoms. The number of aryl methyl sites for hydroxylation is 2. The standard InChI is InChI=1S/C22H26N2O3/c1-4-20(27-19-13-15(2)12-16(3)14-19)22(26)23-17-7-9-18(10-8-17)24-11-5-6-21(24)25/h7-10,12-14,20H,4-6,11H2,1-3H3,(H,23,26)/t20-/m1/s1. The molecule has 142 valence electrons. The lowest BCUT2D eigenvalue weighted by Gasteiger charge is -2.19. The van der Waals surface area contributed by atoms with Crippen LogP contribution in [-0.2, 0) is 9.59 Å². The molecular weight excluding hydrogens is 340 g/mol. The lowest BCUT2D eigenvalue weighted by atomic mass is 10.1. The van der Waals surface area contributed by atoms with Crippen molar-refractivity contribution in [2.75, 3.05) is 16.8 Å². The molecular formula is C22H26N2O3. The third kappa shape index (κ3) is 4.67. The highest BCUT2D eigenvalue weighted by Gasteiger charge is 2.22. The Balaban J connectivity index is 1.64. The van der Waals surface area contributed by atoms with Gasteiger partial charge in [0.05, 0.1) is 0 Å². The average Bonchev–Trinajstić information content (AvgIpc) is 3.05. The summed E-state index contributed by atoms with van der Waals surface area (Å²) in [5.74, 6) is 0.679. The van der Waals surface area contributed by atoms with E-state index in [2.05, 4.69) is 11.4 Å². The minimum atomic E-state index is -0.564. The molecule has 0 saturated carbocycles. The number of rotatable bonds is 6. The number of ether oxygens (including phenoxy) is 1. The highest BCUT2D eigenvalue weighted by atomic mass is 16.5. The number of hydrogen-bond acceptors (Lipinski definition) is 3. The maximum atomic E-state index is 12.6. The van der Waals surface area contributed by atoms with Crippen molar-refractivity contribution in [2.45, 2.75) is 46.1 Å². The summed E-state index contributed by atoms with van der Waals surface area (Å²) >= 11 is 0. The molecule has 0 radical (unpaired) electrons. The topological polar surface area (TPSA) is 58.6 Å². The van der Waals surface area contributed by atoms with Gasteiger partial charge in [-0.1, -0.05) is 13.0 Å². The number of benzene rings is 2. The Bertz CT molecular complexity index is 810. The Labute approximate surface area is 160 Å². The molecule has 2 amide bonds. The average molecular weight is 366 g/mol. The number of nitrogens with one attached hydrogen (secondary N) is 1. The van der Waals surface area contributed by atoms with Crippen LogP contribution in [0.3, 0.4) is 0 Å². The van der Waals surface area contributed by atoms with Gasteiger partial charge in [0.1, 0.15) is 5.75 Å². The van der Waals surface area contributed by atoms with Crippen molar-refractivity contribution in [3.8, 4) is 5.75 Å². The largest absolute Gasteiger partial charge is 0.481 e. The zero-order chi connectivity index (χ0) is 19.4. The fraction of sp³-hybridized carbons (Fsp3) is 0.364. The molecule has 1 atom stereocenters. The van der Waals surface area contributed by atoms with Crippen molar-refractivity contribution in [2.24, 2.45) is 0 Å². The number of nitrogens with zero attached hydrogens (tertiary/aromatic N) is 1. The van der Waals surface area contributed by atoms with Crippen molar-refractivity contribution in [3.63, 3.8) is 0 Å². The van der Waals surface area contributed by atoms with Gasteiger partial charge in [0.25, 0.3) is 5.91 Å². The van der Waals surface area contributed by atoms with Crippen LogP contribution in [0.15, 0.2) is 42.5 Å². The maximum Gasteiger partial charge on any atom is 0.265 e. The van der Waals surface area contributed by atoms with Gasteiger partial charge in [0.15, 0.2) is 6.10 Å². The maximum absolute atomic E-state index is 12.6. The first-order valence-corrected chi connectivity index (χ1v) is 9.42. The molecule has 1 fully saturated rings. The third-order valence-electron chi connectivity index (χ3n) is 4.66. The molecule has 0 spiro atoms. The SMILES string of the molecule is CC[C@@H](Oc1cc(C)cc(C)c1)C(=O)Nc1ccc(N2CCCC2=O)cc1. The predicted molar refractivity (Wildman–Crippen MR) is 107 cm³/mol. The molecule has 2 aromatic carbocycles. The van der Waals surface area contributed by atoms with Crippen LogP contribution in [-0.4, -0.2) is 24.5 Å². The molecule has 1 aliphatic rings. The predicted octanol–water partition coefficient (Wildman–Crippen LogP) is 4.23. The van der Waals surface area contributed by atoms with Gasteiger partial charge >= 0.3 is 0 Å². The number of carbonyl (C=O) groups excluding carboxylic acids is 2. The summed E-state index contributed by atoms with van der Waals surface area (Å²) in [6, 6.07) is 13.3. The van der Waals surface area contributed by atoms with Gasteiger partial charge in [0, 0.05) is 24.3 Å². The van der Waals surface area contributed by atoms with Gasteiger partial charge in [-0.15, -0.1) is 0 Å². The first kappa shape index (κ1) is 19.0. The fourth-order valence-electron chi connectivity index (χ4n) is 3.36. The molecule has 1 heterocycles. The highest BCUT2D eigenvalue weighted by Crippen LogP contribution is 2.24. The second-order valence-corrected chi connectivity index (χ2v) is 7.02. The van der Waals surface area contributed by atoms with E-state index in [1.54, 1.807) is 4.90 Å². The Kier molecular flexibility index (Phi) is 5.79. The van der Waals surface area contributed by atoms with E-state index in [1.165, 1.54) is 0 Å². The van der Waals surface area contributed by atoms with E-state index in [9.17, 15) is 9.59 Å². The summed E-state index contributed by atoms with van der Waals surface area (Å²) in [5, 5.41) is 2.90. The normalized spacial score (nSPS) is 14.9.